The summed E-state index contributed by atoms with van der Waals surface area (Å²) < 4.78 is 0. The van der Waals surface area contributed by atoms with Crippen LogP contribution in [-0.2, 0) is 0 Å². The second kappa shape index (κ2) is 8.59. The zero-order chi connectivity index (χ0) is 19.4. The molecule has 0 fully saturated rings. The van der Waals surface area contributed by atoms with Crippen LogP contribution >= 0.6 is 11.6 Å². The van der Waals surface area contributed by atoms with Crippen LogP contribution in [0.15, 0.2) is 48.5 Å². The van der Waals surface area contributed by atoms with Crippen molar-refractivity contribution in [3.8, 4) is 11.3 Å². The van der Waals surface area contributed by atoms with Crippen LogP contribution in [-0.4, -0.2) is 53.9 Å². The summed E-state index contributed by atoms with van der Waals surface area (Å²) in [5.41, 5.74) is 2.57. The molecule has 0 radical (unpaired) electrons. The van der Waals surface area contributed by atoms with Gasteiger partial charge in [0.15, 0.2) is 0 Å². The molecule has 0 aliphatic rings. The van der Waals surface area contributed by atoms with Crippen molar-refractivity contribution in [3.05, 3.63) is 59.2 Å². The van der Waals surface area contributed by atoms with Crippen LogP contribution < -0.4 is 0 Å². The first kappa shape index (κ1) is 19.5. The monoisotopic (exact) mass is 383 g/mol. The Hall–Kier alpha value is -2.30. The number of hydrogen-bond acceptors (Lipinski definition) is 2. The number of rotatable bonds is 7. The van der Waals surface area contributed by atoms with E-state index in [-0.39, 0.29) is 5.91 Å². The molecule has 5 heteroatoms. The Balaban J connectivity index is 1.96. The molecule has 0 aliphatic carbocycles. The van der Waals surface area contributed by atoms with Crippen LogP contribution in [0.1, 0.15) is 24.3 Å². The third-order valence-corrected chi connectivity index (χ3v) is 5.27. The molecule has 4 nitrogen and oxygen atoms in total. The summed E-state index contributed by atoms with van der Waals surface area (Å²) in [7, 11) is 1.86. The number of fused-ring (bicyclic) bond motifs is 1. The van der Waals surface area contributed by atoms with Gasteiger partial charge in [-0.1, -0.05) is 61.8 Å². The van der Waals surface area contributed by atoms with E-state index in [1.807, 2.05) is 55.6 Å². The molecule has 0 saturated carbocycles. The lowest BCUT2D eigenvalue weighted by atomic mass is 10.1. The predicted octanol–water partition coefficient (Wildman–Crippen LogP) is 4.90. The maximum atomic E-state index is 13.1. The molecule has 0 aliphatic heterocycles. The third-order valence-electron chi connectivity index (χ3n) is 5.04. The second-order valence-corrected chi connectivity index (χ2v) is 7.12. The van der Waals surface area contributed by atoms with E-state index in [0.29, 0.717) is 17.3 Å². The summed E-state index contributed by atoms with van der Waals surface area (Å²) in [4.78, 5) is 20.6. The molecule has 0 spiro atoms. The normalized spacial score (nSPS) is 11.3. The van der Waals surface area contributed by atoms with Crippen molar-refractivity contribution in [2.24, 2.45) is 0 Å². The molecule has 142 valence electrons. The average molecular weight is 384 g/mol. The number of halogens is 1. The fourth-order valence-electron chi connectivity index (χ4n) is 3.33. The highest BCUT2D eigenvalue weighted by atomic mass is 35.5. The van der Waals surface area contributed by atoms with Gasteiger partial charge in [0.05, 0.1) is 5.69 Å². The highest BCUT2D eigenvalue weighted by Gasteiger charge is 2.20. The van der Waals surface area contributed by atoms with E-state index in [9.17, 15) is 4.79 Å². The highest BCUT2D eigenvalue weighted by molar-refractivity contribution is 6.31. The van der Waals surface area contributed by atoms with Crippen LogP contribution in [0, 0.1) is 0 Å². The van der Waals surface area contributed by atoms with E-state index in [4.69, 9.17) is 11.6 Å². The van der Waals surface area contributed by atoms with Crippen molar-refractivity contribution < 1.29 is 4.79 Å². The number of likely N-dealkylation sites (N-methyl/N-ethyl adjacent to an activating group) is 2. The minimum absolute atomic E-state index is 0.00309. The van der Waals surface area contributed by atoms with E-state index in [0.717, 1.165) is 41.7 Å². The van der Waals surface area contributed by atoms with Crippen LogP contribution in [0.4, 0.5) is 0 Å². The molecule has 1 heterocycles. The number of nitrogens with zero attached hydrogens (tertiary/aromatic N) is 2. The molecule has 0 atom stereocenters. The summed E-state index contributed by atoms with van der Waals surface area (Å²) >= 11 is 6.23. The average Bonchev–Trinajstić information content (AvgIpc) is 3.07. The van der Waals surface area contributed by atoms with Gasteiger partial charge in [-0.05, 0) is 30.8 Å². The van der Waals surface area contributed by atoms with Gasteiger partial charge in [0.1, 0.15) is 5.69 Å². The zero-order valence-electron chi connectivity index (χ0n) is 16.1. The van der Waals surface area contributed by atoms with Crippen molar-refractivity contribution in [1.82, 2.24) is 14.8 Å². The lowest BCUT2D eigenvalue weighted by Crippen LogP contribution is -2.36. The van der Waals surface area contributed by atoms with Crippen LogP contribution in [0.5, 0.6) is 0 Å². The fraction of sp³-hybridized carbons (Fsp3) is 0.318. The van der Waals surface area contributed by atoms with Crippen LogP contribution in [0.25, 0.3) is 22.0 Å². The van der Waals surface area contributed by atoms with Gasteiger partial charge in [-0.3, -0.25) is 4.79 Å². The second-order valence-electron chi connectivity index (χ2n) is 6.68. The number of hydrogen-bond donors (Lipinski definition) is 1. The highest BCUT2D eigenvalue weighted by Crippen LogP contribution is 2.33. The minimum Gasteiger partial charge on any atom is -0.350 e. The SMILES string of the molecule is CCN(CC)CCN(C)C(=O)c1[nH]c(-c2ccccc2)c2cc(Cl)ccc12. The van der Waals surface area contributed by atoms with Gasteiger partial charge in [-0.2, -0.15) is 0 Å². The molecule has 1 amide bonds. The van der Waals surface area contributed by atoms with Crippen molar-refractivity contribution in [1.29, 1.82) is 0 Å². The van der Waals surface area contributed by atoms with Gasteiger partial charge in [-0.15, -0.1) is 0 Å². The summed E-state index contributed by atoms with van der Waals surface area (Å²) in [6.45, 7) is 7.81. The van der Waals surface area contributed by atoms with E-state index in [1.165, 1.54) is 0 Å². The zero-order valence-corrected chi connectivity index (χ0v) is 16.9. The topological polar surface area (TPSA) is 39.3 Å². The minimum atomic E-state index is -0.00309. The lowest BCUT2D eigenvalue weighted by molar-refractivity contribution is 0.0776. The Kier molecular flexibility index (Phi) is 6.19. The lowest BCUT2D eigenvalue weighted by Gasteiger charge is -2.23. The summed E-state index contributed by atoms with van der Waals surface area (Å²) in [5, 5.41) is 2.53. The van der Waals surface area contributed by atoms with E-state index < -0.39 is 0 Å². The Bertz CT molecular complexity index is 916. The molecule has 3 rings (SSSR count). The van der Waals surface area contributed by atoms with Gasteiger partial charge < -0.3 is 14.8 Å². The number of aromatic nitrogens is 1. The number of amides is 1. The quantitative estimate of drug-likeness (QED) is 0.630. The molecule has 2 aromatic carbocycles. The summed E-state index contributed by atoms with van der Waals surface area (Å²) in [6, 6.07) is 15.7. The molecule has 1 aromatic heterocycles. The van der Waals surface area contributed by atoms with Gasteiger partial charge in [0.25, 0.3) is 5.91 Å². The first-order chi connectivity index (χ1) is 13.0. The predicted molar refractivity (Wildman–Crippen MR) is 113 cm³/mol. The molecule has 0 saturated heterocycles. The number of benzene rings is 2. The molecule has 0 unspecified atom stereocenters. The Morgan fingerprint density at radius 1 is 1.00 bits per heavy atom. The van der Waals surface area contributed by atoms with Crippen molar-refractivity contribution in [3.63, 3.8) is 0 Å². The Morgan fingerprint density at radius 2 is 1.70 bits per heavy atom. The first-order valence-corrected chi connectivity index (χ1v) is 9.77. The molecule has 27 heavy (non-hydrogen) atoms. The number of H-pyrrole nitrogens is 1. The molecule has 3 aromatic rings. The summed E-state index contributed by atoms with van der Waals surface area (Å²) in [6.07, 6.45) is 0. The van der Waals surface area contributed by atoms with Gasteiger partial charge in [0.2, 0.25) is 0 Å². The van der Waals surface area contributed by atoms with Crippen molar-refractivity contribution in [2.45, 2.75) is 13.8 Å². The standard InChI is InChI=1S/C22H26ClN3O/c1-4-26(5-2)14-13-25(3)22(27)21-18-12-11-17(23)15-19(18)20(24-21)16-9-7-6-8-10-16/h6-12,15,24H,4-5,13-14H2,1-3H3. The number of nitrogens with one attached hydrogen (secondary N) is 1. The van der Waals surface area contributed by atoms with E-state index in [1.54, 1.807) is 4.90 Å². The molecule has 0 bridgehead atoms. The maximum absolute atomic E-state index is 13.1. The Labute approximate surface area is 165 Å². The van der Waals surface area contributed by atoms with E-state index in [2.05, 4.69) is 23.7 Å². The van der Waals surface area contributed by atoms with Gasteiger partial charge in [-0.25, -0.2) is 0 Å². The third kappa shape index (κ3) is 4.18. The first-order valence-electron chi connectivity index (χ1n) is 9.39. The largest absolute Gasteiger partial charge is 0.350 e. The van der Waals surface area contributed by atoms with Gasteiger partial charge >= 0.3 is 0 Å². The number of aromatic amines is 1. The smallest absolute Gasteiger partial charge is 0.270 e. The van der Waals surface area contributed by atoms with Crippen LogP contribution in [0.3, 0.4) is 0 Å². The fourth-order valence-corrected chi connectivity index (χ4v) is 3.50. The van der Waals surface area contributed by atoms with Gasteiger partial charge in [0, 0.05) is 35.9 Å². The van der Waals surface area contributed by atoms with E-state index >= 15 is 0 Å². The number of carbonyl (C=O) groups is 1. The Morgan fingerprint density at radius 3 is 2.37 bits per heavy atom. The summed E-state index contributed by atoms with van der Waals surface area (Å²) in [5.74, 6) is -0.00309. The van der Waals surface area contributed by atoms with Crippen molar-refractivity contribution >= 4 is 28.3 Å². The molecular weight excluding hydrogens is 358 g/mol. The molecular formula is C22H26ClN3O. The maximum Gasteiger partial charge on any atom is 0.270 e. The van der Waals surface area contributed by atoms with Crippen molar-refractivity contribution in [2.75, 3.05) is 33.2 Å². The molecule has 1 N–H and O–H groups in total. The van der Waals surface area contributed by atoms with Crippen LogP contribution in [0.2, 0.25) is 5.02 Å². The number of carbonyl (C=O) groups excluding carboxylic acids is 1.